The van der Waals surface area contributed by atoms with Crippen molar-refractivity contribution in [2.24, 2.45) is 0 Å². The van der Waals surface area contributed by atoms with Crippen LogP contribution in [0.3, 0.4) is 0 Å². The van der Waals surface area contributed by atoms with Crippen molar-refractivity contribution in [3.05, 3.63) is 52.3 Å². The van der Waals surface area contributed by atoms with E-state index in [-0.39, 0.29) is 5.82 Å². The van der Waals surface area contributed by atoms with Gasteiger partial charge in [-0.2, -0.15) is 0 Å². The van der Waals surface area contributed by atoms with Gasteiger partial charge in [-0.3, -0.25) is 0 Å². The quantitative estimate of drug-likeness (QED) is 0.913. The molecular weight excluding hydrogens is 311 g/mol. The predicted octanol–water partition coefficient (Wildman–Crippen LogP) is 3.47. The van der Waals surface area contributed by atoms with Gasteiger partial charge in [-0.15, -0.1) is 0 Å². The molecule has 2 aromatic rings. The lowest BCUT2D eigenvalue weighted by atomic mass is 10.1. The van der Waals surface area contributed by atoms with Gasteiger partial charge in [0.25, 0.3) is 0 Å². The number of aliphatic hydroxyl groups excluding tert-OH is 1. The van der Waals surface area contributed by atoms with Crippen LogP contribution in [-0.2, 0) is 13.0 Å². The monoisotopic (exact) mass is 326 g/mol. The highest BCUT2D eigenvalue weighted by atomic mass is 79.9. The first kappa shape index (κ1) is 14.2. The maximum atomic E-state index is 13.0. The van der Waals surface area contributed by atoms with Crippen LogP contribution in [0, 0.1) is 5.82 Å². The molecule has 0 aliphatic heterocycles. The minimum atomic E-state index is -0.643. The van der Waals surface area contributed by atoms with E-state index in [1.54, 1.807) is 18.6 Å². The second-order valence-electron chi connectivity index (χ2n) is 4.47. The number of aromatic nitrogens is 2. The average molecular weight is 327 g/mol. The van der Waals surface area contributed by atoms with Gasteiger partial charge in [0.1, 0.15) is 5.82 Å². The Bertz CT molecular complexity index is 556. The molecule has 0 amide bonds. The fourth-order valence-corrected chi connectivity index (χ4v) is 2.55. The summed E-state index contributed by atoms with van der Waals surface area (Å²) in [6, 6.07) is 4.49. The minimum Gasteiger partial charge on any atom is -0.386 e. The molecule has 1 atom stereocenters. The predicted molar refractivity (Wildman–Crippen MR) is 75.3 cm³/mol. The minimum absolute atomic E-state index is 0.291. The van der Waals surface area contributed by atoms with E-state index in [4.69, 9.17) is 0 Å². The summed E-state index contributed by atoms with van der Waals surface area (Å²) in [6.45, 7) is 2.91. The first-order chi connectivity index (χ1) is 9.11. The number of hydrogen-bond acceptors (Lipinski definition) is 2. The van der Waals surface area contributed by atoms with Gasteiger partial charge >= 0.3 is 0 Å². The number of benzene rings is 1. The highest BCUT2D eigenvalue weighted by molar-refractivity contribution is 9.10. The fraction of sp³-hybridized carbons (Fsp3) is 0.357. The molecule has 1 heterocycles. The van der Waals surface area contributed by atoms with E-state index in [9.17, 15) is 9.50 Å². The number of aryl methyl sites for hydroxylation is 1. The third-order valence-electron chi connectivity index (χ3n) is 2.98. The van der Waals surface area contributed by atoms with Gasteiger partial charge in [0.15, 0.2) is 0 Å². The maximum Gasteiger partial charge on any atom is 0.124 e. The van der Waals surface area contributed by atoms with Gasteiger partial charge in [0.05, 0.1) is 24.3 Å². The molecule has 5 heteroatoms. The zero-order valence-corrected chi connectivity index (χ0v) is 12.3. The van der Waals surface area contributed by atoms with Crippen molar-refractivity contribution in [2.75, 3.05) is 0 Å². The molecule has 0 saturated carbocycles. The van der Waals surface area contributed by atoms with Crippen LogP contribution in [0.5, 0.6) is 0 Å². The van der Waals surface area contributed by atoms with Crippen molar-refractivity contribution in [3.8, 4) is 0 Å². The van der Waals surface area contributed by atoms with E-state index in [0.717, 1.165) is 24.2 Å². The van der Waals surface area contributed by atoms with Gasteiger partial charge in [0.2, 0.25) is 0 Å². The molecule has 1 aromatic heterocycles. The van der Waals surface area contributed by atoms with E-state index < -0.39 is 6.10 Å². The molecular formula is C14H16BrFN2O. The lowest BCUT2D eigenvalue weighted by Crippen LogP contribution is -2.09. The third-order valence-corrected chi connectivity index (χ3v) is 3.72. The van der Waals surface area contributed by atoms with Crippen LogP contribution in [0.25, 0.3) is 0 Å². The van der Waals surface area contributed by atoms with E-state index in [2.05, 4.69) is 27.8 Å². The lowest BCUT2D eigenvalue weighted by Gasteiger charge is -2.14. The summed E-state index contributed by atoms with van der Waals surface area (Å²) in [5.74, 6) is -0.291. The topological polar surface area (TPSA) is 38.0 Å². The molecule has 0 aliphatic carbocycles. The van der Waals surface area contributed by atoms with Gasteiger partial charge in [-0.25, -0.2) is 9.37 Å². The standard InChI is InChI=1S/C14H16BrFN2O/c1-2-5-18-9-17-8-13(18)14(19)6-10-3-4-11(16)7-12(10)15/h3-4,7-9,14,19H,2,5-6H2,1H3. The van der Waals surface area contributed by atoms with Crippen LogP contribution >= 0.6 is 15.9 Å². The Morgan fingerprint density at radius 2 is 2.26 bits per heavy atom. The Morgan fingerprint density at radius 1 is 1.47 bits per heavy atom. The lowest BCUT2D eigenvalue weighted by molar-refractivity contribution is 0.168. The van der Waals surface area contributed by atoms with E-state index in [1.807, 2.05) is 4.57 Å². The second kappa shape index (κ2) is 6.30. The first-order valence-corrected chi connectivity index (χ1v) is 7.03. The molecule has 19 heavy (non-hydrogen) atoms. The molecule has 0 saturated heterocycles. The first-order valence-electron chi connectivity index (χ1n) is 6.23. The normalized spacial score (nSPS) is 12.6. The fourth-order valence-electron chi connectivity index (χ4n) is 2.04. The van der Waals surface area contributed by atoms with Crippen molar-refractivity contribution < 1.29 is 9.50 Å². The Morgan fingerprint density at radius 3 is 2.95 bits per heavy atom. The molecule has 0 aliphatic rings. The largest absolute Gasteiger partial charge is 0.386 e. The molecule has 2 rings (SSSR count). The van der Waals surface area contributed by atoms with Gasteiger partial charge in [-0.1, -0.05) is 28.9 Å². The highest BCUT2D eigenvalue weighted by Crippen LogP contribution is 2.24. The van der Waals surface area contributed by atoms with E-state index >= 15 is 0 Å². The molecule has 0 radical (unpaired) electrons. The number of rotatable bonds is 5. The molecule has 0 bridgehead atoms. The van der Waals surface area contributed by atoms with Crippen LogP contribution in [0.4, 0.5) is 4.39 Å². The molecule has 0 fully saturated rings. The van der Waals surface area contributed by atoms with E-state index in [0.29, 0.717) is 10.9 Å². The van der Waals surface area contributed by atoms with Crippen LogP contribution < -0.4 is 0 Å². The van der Waals surface area contributed by atoms with Crippen LogP contribution in [0.1, 0.15) is 30.7 Å². The van der Waals surface area contributed by atoms with Crippen molar-refractivity contribution in [1.29, 1.82) is 0 Å². The Balaban J connectivity index is 2.16. The SMILES string of the molecule is CCCn1cncc1C(O)Cc1ccc(F)cc1Br. The van der Waals surface area contributed by atoms with Crippen molar-refractivity contribution in [2.45, 2.75) is 32.4 Å². The van der Waals surface area contributed by atoms with E-state index in [1.165, 1.54) is 12.1 Å². The van der Waals surface area contributed by atoms with Crippen LogP contribution in [-0.4, -0.2) is 14.7 Å². The summed E-state index contributed by atoms with van der Waals surface area (Å²) in [5.41, 5.74) is 1.66. The van der Waals surface area contributed by atoms with Crippen molar-refractivity contribution in [1.82, 2.24) is 9.55 Å². The van der Waals surface area contributed by atoms with Crippen molar-refractivity contribution >= 4 is 15.9 Å². The Labute approximate surface area is 120 Å². The molecule has 0 spiro atoms. The third kappa shape index (κ3) is 3.42. The zero-order chi connectivity index (χ0) is 13.8. The Hall–Kier alpha value is -1.20. The van der Waals surface area contributed by atoms with Crippen LogP contribution in [0.15, 0.2) is 35.2 Å². The summed E-state index contributed by atoms with van der Waals surface area (Å²) in [5, 5.41) is 10.3. The number of halogens is 2. The Kier molecular flexibility index (Phi) is 4.71. The summed E-state index contributed by atoms with van der Waals surface area (Å²) >= 11 is 3.31. The van der Waals surface area contributed by atoms with Gasteiger partial charge in [-0.05, 0) is 24.1 Å². The summed E-state index contributed by atoms with van der Waals surface area (Å²) in [4.78, 5) is 4.07. The number of imidazole rings is 1. The average Bonchev–Trinajstić information content (AvgIpc) is 2.81. The molecule has 102 valence electrons. The summed E-state index contributed by atoms with van der Waals surface area (Å²) in [6.07, 6.45) is 4.17. The summed E-state index contributed by atoms with van der Waals surface area (Å²) in [7, 11) is 0. The van der Waals surface area contributed by atoms with Gasteiger partial charge in [0, 0.05) is 17.4 Å². The van der Waals surface area contributed by atoms with Gasteiger partial charge < -0.3 is 9.67 Å². The molecule has 1 aromatic carbocycles. The smallest absolute Gasteiger partial charge is 0.124 e. The summed E-state index contributed by atoms with van der Waals surface area (Å²) < 4.78 is 15.6. The molecule has 1 unspecified atom stereocenters. The maximum absolute atomic E-state index is 13.0. The number of nitrogens with zero attached hydrogens (tertiary/aromatic N) is 2. The zero-order valence-electron chi connectivity index (χ0n) is 10.7. The van der Waals surface area contributed by atoms with Crippen LogP contribution in [0.2, 0.25) is 0 Å². The number of aliphatic hydroxyl groups is 1. The number of hydrogen-bond donors (Lipinski definition) is 1. The molecule has 3 nitrogen and oxygen atoms in total. The molecule has 1 N–H and O–H groups in total. The highest BCUT2D eigenvalue weighted by Gasteiger charge is 2.15. The second-order valence-corrected chi connectivity index (χ2v) is 5.32. The van der Waals surface area contributed by atoms with Crippen molar-refractivity contribution in [3.63, 3.8) is 0 Å².